The van der Waals surface area contributed by atoms with Crippen LogP contribution in [0.3, 0.4) is 0 Å². The minimum Gasteiger partial charge on any atom is -0.314 e. The lowest BCUT2D eigenvalue weighted by molar-refractivity contribution is -0.0708. The molecule has 1 N–H and O–H groups in total. The Morgan fingerprint density at radius 1 is 1.33 bits per heavy atom. The highest BCUT2D eigenvalue weighted by molar-refractivity contribution is 7.81. The molecule has 0 bridgehead atoms. The van der Waals surface area contributed by atoms with Crippen molar-refractivity contribution in [2.45, 2.75) is 0 Å². The van der Waals surface area contributed by atoms with Gasteiger partial charge in [-0.05, 0) is 0 Å². The number of nitrogens with zero attached hydrogens (tertiary/aromatic N) is 1. The zero-order valence-corrected chi connectivity index (χ0v) is 7.63. The number of rotatable bonds is 3. The molecule has 1 rings (SSSR count). The molecule has 0 unspecified atom stereocenters. The van der Waals surface area contributed by atoms with E-state index in [2.05, 4.69) is 13.8 Å². The van der Waals surface area contributed by atoms with Gasteiger partial charge in [-0.25, -0.2) is 0 Å². The van der Waals surface area contributed by atoms with Gasteiger partial charge in [-0.15, -0.1) is 0 Å². The van der Waals surface area contributed by atoms with E-state index in [0.29, 0.717) is 13.1 Å². The third-order valence-electron chi connectivity index (χ3n) is 1.48. The van der Waals surface area contributed by atoms with E-state index in [1.165, 1.54) is 5.06 Å². The molecule has 1 aliphatic rings. The Hall–Kier alpha value is -0.210. The van der Waals surface area contributed by atoms with Crippen molar-refractivity contribution in [3.05, 3.63) is 0 Å². The van der Waals surface area contributed by atoms with Crippen LogP contribution in [0.15, 0.2) is 0 Å². The van der Waals surface area contributed by atoms with Crippen LogP contribution in [0.25, 0.3) is 0 Å². The molecule has 7 heteroatoms. The van der Waals surface area contributed by atoms with Crippen LogP contribution in [0.4, 0.5) is 0 Å². The highest BCUT2D eigenvalue weighted by Gasteiger charge is 2.18. The van der Waals surface area contributed by atoms with Crippen LogP contribution in [0.2, 0.25) is 0 Å². The van der Waals surface area contributed by atoms with Crippen molar-refractivity contribution in [1.29, 1.82) is 0 Å². The molecule has 0 amide bonds. The van der Waals surface area contributed by atoms with Crippen LogP contribution in [-0.2, 0) is 18.9 Å². The number of piperazine rings is 1. The predicted octanol–water partition coefficient (Wildman–Crippen LogP) is -1.29. The highest BCUT2D eigenvalue weighted by atomic mass is 32.3. The average Bonchev–Trinajstić information content (AvgIpc) is 2.06. The number of hydrogen-bond donors (Lipinski definition) is 1. The fraction of sp³-hybridized carbons (Fsp3) is 1.00. The molecule has 1 fully saturated rings. The summed E-state index contributed by atoms with van der Waals surface area (Å²) < 4.78 is 30.2. The second kappa shape index (κ2) is 4.15. The third-order valence-corrected chi connectivity index (χ3v) is 2.28. The van der Waals surface area contributed by atoms with Gasteiger partial charge in [-0.2, -0.15) is 17.8 Å². The van der Waals surface area contributed by atoms with Crippen molar-refractivity contribution in [3.63, 3.8) is 0 Å². The smallest absolute Gasteiger partial charge is 0.314 e. The van der Waals surface area contributed by atoms with Crippen molar-refractivity contribution in [3.8, 4) is 0 Å². The van der Waals surface area contributed by atoms with E-state index < -0.39 is 10.4 Å². The number of hydrogen-bond acceptors (Lipinski definition) is 6. The molecular weight excluding hydrogens is 184 g/mol. The van der Waals surface area contributed by atoms with Crippen LogP contribution >= 0.6 is 0 Å². The fourth-order valence-electron chi connectivity index (χ4n) is 0.878. The van der Waals surface area contributed by atoms with Crippen LogP contribution < -0.4 is 5.32 Å². The molecule has 0 spiro atoms. The lowest BCUT2D eigenvalue weighted by atomic mass is 10.4. The Morgan fingerprint density at radius 3 is 2.42 bits per heavy atom. The molecule has 1 saturated heterocycles. The van der Waals surface area contributed by atoms with Gasteiger partial charge in [0.05, 0.1) is 7.11 Å². The molecule has 0 saturated carbocycles. The molecule has 1 heterocycles. The van der Waals surface area contributed by atoms with Crippen molar-refractivity contribution >= 4 is 10.4 Å². The molecule has 6 nitrogen and oxygen atoms in total. The van der Waals surface area contributed by atoms with Crippen LogP contribution in [0.1, 0.15) is 0 Å². The minimum absolute atomic E-state index is 0.544. The van der Waals surface area contributed by atoms with Gasteiger partial charge in [0, 0.05) is 26.2 Å². The van der Waals surface area contributed by atoms with E-state index in [1.54, 1.807) is 0 Å². The van der Waals surface area contributed by atoms with E-state index in [0.717, 1.165) is 20.2 Å². The van der Waals surface area contributed by atoms with Gasteiger partial charge in [0.15, 0.2) is 0 Å². The summed E-state index contributed by atoms with van der Waals surface area (Å²) in [5, 5.41) is 4.42. The average molecular weight is 196 g/mol. The van der Waals surface area contributed by atoms with Crippen molar-refractivity contribution in [2.75, 3.05) is 33.3 Å². The summed E-state index contributed by atoms with van der Waals surface area (Å²) in [6.45, 7) is 2.53. The SMILES string of the molecule is COS(=O)(=O)ON1CCNCC1. The number of hydroxylamine groups is 2. The topological polar surface area (TPSA) is 67.9 Å². The second-order valence-corrected chi connectivity index (χ2v) is 3.63. The molecule has 0 aromatic carbocycles. The maximum Gasteiger partial charge on any atom is 0.416 e. The van der Waals surface area contributed by atoms with Crippen molar-refractivity contribution < 1.29 is 16.9 Å². The van der Waals surface area contributed by atoms with Gasteiger partial charge in [-0.3, -0.25) is 4.18 Å². The molecule has 0 atom stereocenters. The molecule has 12 heavy (non-hydrogen) atoms. The third kappa shape index (κ3) is 3.03. The Balaban J connectivity index is 2.39. The molecule has 0 aromatic heterocycles. The van der Waals surface area contributed by atoms with Crippen LogP contribution in [-0.4, -0.2) is 46.8 Å². The normalized spacial score (nSPS) is 21.1. The first kappa shape index (κ1) is 9.87. The van der Waals surface area contributed by atoms with E-state index in [-0.39, 0.29) is 0 Å². The van der Waals surface area contributed by atoms with Gasteiger partial charge in [-0.1, -0.05) is 0 Å². The lowest BCUT2D eigenvalue weighted by Gasteiger charge is -2.24. The zero-order valence-electron chi connectivity index (χ0n) is 6.82. The standard InChI is InChI=1S/C5H12N2O4S/c1-10-12(8,9)11-7-4-2-6-3-5-7/h6H,2-5H2,1H3. The Labute approximate surface area is 71.7 Å². The number of nitrogens with one attached hydrogen (secondary N) is 1. The van der Waals surface area contributed by atoms with Crippen molar-refractivity contribution in [2.24, 2.45) is 0 Å². The summed E-state index contributed by atoms with van der Waals surface area (Å²) in [5.41, 5.74) is 0. The van der Waals surface area contributed by atoms with Crippen LogP contribution in [0.5, 0.6) is 0 Å². The summed E-state index contributed by atoms with van der Waals surface area (Å²) in [5.74, 6) is 0. The lowest BCUT2D eigenvalue weighted by Crippen LogP contribution is -2.44. The Bertz CT molecular complexity index is 222. The second-order valence-electron chi connectivity index (χ2n) is 2.33. The Kier molecular flexibility index (Phi) is 3.41. The molecule has 72 valence electrons. The Morgan fingerprint density at radius 2 is 1.92 bits per heavy atom. The molecule has 0 radical (unpaired) electrons. The van der Waals surface area contributed by atoms with Gasteiger partial charge in [0.1, 0.15) is 0 Å². The summed E-state index contributed by atoms with van der Waals surface area (Å²) in [4.78, 5) is 0. The van der Waals surface area contributed by atoms with Gasteiger partial charge in [0.2, 0.25) is 0 Å². The van der Waals surface area contributed by atoms with Gasteiger partial charge < -0.3 is 5.32 Å². The van der Waals surface area contributed by atoms with E-state index in [9.17, 15) is 8.42 Å². The molecule has 0 aliphatic carbocycles. The predicted molar refractivity (Wildman–Crippen MR) is 41.5 cm³/mol. The van der Waals surface area contributed by atoms with Crippen LogP contribution in [0, 0.1) is 0 Å². The van der Waals surface area contributed by atoms with E-state index in [1.807, 2.05) is 0 Å². The monoisotopic (exact) mass is 196 g/mol. The summed E-state index contributed by atoms with van der Waals surface area (Å²) in [7, 11) is -2.75. The first-order chi connectivity index (χ1) is 5.64. The first-order valence-electron chi connectivity index (χ1n) is 3.60. The first-order valence-corrected chi connectivity index (χ1v) is 4.93. The zero-order chi connectivity index (χ0) is 9.03. The minimum atomic E-state index is -3.82. The highest BCUT2D eigenvalue weighted by Crippen LogP contribution is 2.00. The summed E-state index contributed by atoms with van der Waals surface area (Å²) in [6.07, 6.45) is 0. The molecular formula is C5H12N2O4S. The maximum absolute atomic E-state index is 10.8. The fourth-order valence-corrected chi connectivity index (χ4v) is 1.35. The quantitative estimate of drug-likeness (QED) is 0.606. The van der Waals surface area contributed by atoms with Gasteiger partial charge >= 0.3 is 10.4 Å². The summed E-state index contributed by atoms with van der Waals surface area (Å²) in [6, 6.07) is 0. The largest absolute Gasteiger partial charge is 0.416 e. The maximum atomic E-state index is 10.8. The van der Waals surface area contributed by atoms with Crippen molar-refractivity contribution in [1.82, 2.24) is 10.4 Å². The molecule has 0 aromatic rings. The van der Waals surface area contributed by atoms with E-state index >= 15 is 0 Å². The van der Waals surface area contributed by atoms with Gasteiger partial charge in [0.25, 0.3) is 0 Å². The molecule has 1 aliphatic heterocycles. The van der Waals surface area contributed by atoms with E-state index in [4.69, 9.17) is 0 Å². The summed E-state index contributed by atoms with van der Waals surface area (Å²) >= 11 is 0.